The molecule has 1 saturated heterocycles. The quantitative estimate of drug-likeness (QED) is 0.640. The van der Waals surface area contributed by atoms with Gasteiger partial charge in [0.05, 0.1) is 5.41 Å². The Morgan fingerprint density at radius 1 is 1.55 bits per heavy atom. The van der Waals surface area contributed by atoms with E-state index in [1.807, 2.05) is 7.05 Å². The van der Waals surface area contributed by atoms with Gasteiger partial charge < -0.3 is 10.0 Å². The first-order chi connectivity index (χ1) is 4.94. The number of rotatable bonds is 2. The van der Waals surface area contributed by atoms with Crippen LogP contribution in [0.15, 0.2) is 0 Å². The van der Waals surface area contributed by atoms with E-state index in [1.54, 1.807) is 13.8 Å². The molecule has 11 heavy (non-hydrogen) atoms. The Morgan fingerprint density at radius 2 is 2.00 bits per heavy atom. The first kappa shape index (κ1) is 8.53. The molecule has 1 aliphatic heterocycles. The van der Waals surface area contributed by atoms with E-state index in [0.717, 1.165) is 13.1 Å². The van der Waals surface area contributed by atoms with Crippen molar-refractivity contribution in [3.8, 4) is 0 Å². The van der Waals surface area contributed by atoms with E-state index in [1.165, 1.54) is 0 Å². The summed E-state index contributed by atoms with van der Waals surface area (Å²) in [6.45, 7) is 5.43. The lowest BCUT2D eigenvalue weighted by Gasteiger charge is -2.43. The molecule has 0 bridgehead atoms. The first-order valence-corrected chi connectivity index (χ1v) is 3.86. The van der Waals surface area contributed by atoms with Gasteiger partial charge in [-0.1, -0.05) is 0 Å². The molecule has 1 N–H and O–H groups in total. The van der Waals surface area contributed by atoms with Crippen LogP contribution in [-0.2, 0) is 4.79 Å². The van der Waals surface area contributed by atoms with Crippen LogP contribution in [0.5, 0.6) is 0 Å². The summed E-state index contributed by atoms with van der Waals surface area (Å²) in [5.74, 6) is -0.361. The third kappa shape index (κ3) is 1.38. The van der Waals surface area contributed by atoms with E-state index in [4.69, 9.17) is 5.11 Å². The highest BCUT2D eigenvalue weighted by atomic mass is 16.4. The molecule has 3 nitrogen and oxygen atoms in total. The summed E-state index contributed by atoms with van der Waals surface area (Å²) in [7, 11) is 2.01. The van der Waals surface area contributed by atoms with Gasteiger partial charge in [0, 0.05) is 13.1 Å². The van der Waals surface area contributed by atoms with Gasteiger partial charge in [0.15, 0.2) is 0 Å². The van der Waals surface area contributed by atoms with Crippen molar-refractivity contribution in [2.24, 2.45) is 11.3 Å². The molecule has 1 aliphatic rings. The molecule has 0 radical (unpaired) electrons. The standard InChI is InChI=1S/C8H15NO2/c1-8(2,7(10)11)6-4-9(3)5-6/h6H,4-5H2,1-3H3,(H,10,11). The molecular formula is C8H15NO2. The molecule has 0 amide bonds. The van der Waals surface area contributed by atoms with Gasteiger partial charge in [0.1, 0.15) is 0 Å². The Morgan fingerprint density at radius 3 is 2.27 bits per heavy atom. The molecule has 1 fully saturated rings. The summed E-state index contributed by atoms with van der Waals surface area (Å²) in [6, 6.07) is 0. The molecule has 0 aliphatic carbocycles. The van der Waals surface area contributed by atoms with Crippen molar-refractivity contribution in [2.45, 2.75) is 13.8 Å². The number of nitrogens with zero attached hydrogens (tertiary/aromatic N) is 1. The van der Waals surface area contributed by atoms with Gasteiger partial charge in [-0.15, -0.1) is 0 Å². The normalized spacial score (nSPS) is 21.4. The van der Waals surface area contributed by atoms with Gasteiger partial charge >= 0.3 is 5.97 Å². The summed E-state index contributed by atoms with van der Waals surface area (Å²) in [4.78, 5) is 12.9. The van der Waals surface area contributed by atoms with Crippen molar-refractivity contribution in [1.82, 2.24) is 4.90 Å². The number of likely N-dealkylation sites (tertiary alicyclic amines) is 1. The molecular weight excluding hydrogens is 142 g/mol. The van der Waals surface area contributed by atoms with Crippen molar-refractivity contribution in [2.75, 3.05) is 20.1 Å². The predicted octanol–water partition coefficient (Wildman–Crippen LogP) is 0.659. The van der Waals surface area contributed by atoms with E-state index in [0.29, 0.717) is 5.92 Å². The highest BCUT2D eigenvalue weighted by Gasteiger charge is 2.42. The number of carboxylic acids is 1. The molecule has 0 spiro atoms. The average Bonchev–Trinajstić information content (AvgIpc) is 1.80. The lowest BCUT2D eigenvalue weighted by molar-refractivity contribution is -0.153. The van der Waals surface area contributed by atoms with Gasteiger partial charge in [-0.25, -0.2) is 0 Å². The average molecular weight is 157 g/mol. The monoisotopic (exact) mass is 157 g/mol. The van der Waals surface area contributed by atoms with Crippen molar-refractivity contribution in [3.05, 3.63) is 0 Å². The lowest BCUT2D eigenvalue weighted by atomic mass is 9.74. The largest absolute Gasteiger partial charge is 0.481 e. The highest BCUT2D eigenvalue weighted by Crippen LogP contribution is 2.33. The molecule has 0 aromatic rings. The summed E-state index contributed by atoms with van der Waals surface area (Å²) in [6.07, 6.45) is 0. The van der Waals surface area contributed by atoms with E-state index in [-0.39, 0.29) is 0 Å². The molecule has 64 valence electrons. The number of aliphatic carboxylic acids is 1. The SMILES string of the molecule is CN1CC(C(C)(C)C(=O)O)C1. The second-order valence-corrected chi connectivity index (χ2v) is 3.94. The van der Waals surface area contributed by atoms with Gasteiger partial charge in [-0.2, -0.15) is 0 Å². The number of hydrogen-bond donors (Lipinski definition) is 1. The molecule has 0 aromatic heterocycles. The van der Waals surface area contributed by atoms with Crippen LogP contribution in [0.1, 0.15) is 13.8 Å². The minimum Gasteiger partial charge on any atom is -0.481 e. The topological polar surface area (TPSA) is 40.5 Å². The van der Waals surface area contributed by atoms with Gasteiger partial charge in [0.2, 0.25) is 0 Å². The van der Waals surface area contributed by atoms with E-state index in [2.05, 4.69) is 4.90 Å². The Bertz CT molecular complexity index is 171. The molecule has 0 atom stereocenters. The summed E-state index contributed by atoms with van der Waals surface area (Å²) >= 11 is 0. The zero-order valence-electron chi connectivity index (χ0n) is 7.29. The maximum absolute atomic E-state index is 10.7. The van der Waals surface area contributed by atoms with Gasteiger partial charge in [-0.05, 0) is 26.8 Å². The van der Waals surface area contributed by atoms with Crippen LogP contribution in [0.25, 0.3) is 0 Å². The maximum atomic E-state index is 10.7. The first-order valence-electron chi connectivity index (χ1n) is 3.86. The highest BCUT2D eigenvalue weighted by molar-refractivity contribution is 5.74. The van der Waals surface area contributed by atoms with Crippen LogP contribution in [0.3, 0.4) is 0 Å². The predicted molar refractivity (Wildman–Crippen MR) is 42.4 cm³/mol. The number of hydrogen-bond acceptors (Lipinski definition) is 2. The molecule has 3 heteroatoms. The minimum atomic E-state index is -0.685. The molecule has 0 unspecified atom stereocenters. The summed E-state index contributed by atoms with van der Waals surface area (Å²) < 4.78 is 0. The third-order valence-corrected chi connectivity index (χ3v) is 2.64. The number of carboxylic acid groups (broad SMARTS) is 1. The summed E-state index contributed by atoms with van der Waals surface area (Å²) in [5, 5.41) is 8.84. The van der Waals surface area contributed by atoms with Crippen molar-refractivity contribution in [3.63, 3.8) is 0 Å². The van der Waals surface area contributed by atoms with Crippen LogP contribution in [0.2, 0.25) is 0 Å². The van der Waals surface area contributed by atoms with E-state index >= 15 is 0 Å². The summed E-state index contributed by atoms with van der Waals surface area (Å²) in [5.41, 5.74) is -0.549. The van der Waals surface area contributed by atoms with Crippen molar-refractivity contribution < 1.29 is 9.90 Å². The van der Waals surface area contributed by atoms with Crippen LogP contribution in [0.4, 0.5) is 0 Å². The second-order valence-electron chi connectivity index (χ2n) is 3.94. The third-order valence-electron chi connectivity index (χ3n) is 2.64. The van der Waals surface area contributed by atoms with Crippen LogP contribution >= 0.6 is 0 Å². The molecule has 1 heterocycles. The van der Waals surface area contributed by atoms with Crippen LogP contribution in [0, 0.1) is 11.3 Å². The maximum Gasteiger partial charge on any atom is 0.309 e. The van der Waals surface area contributed by atoms with Crippen LogP contribution in [-0.4, -0.2) is 36.1 Å². The van der Waals surface area contributed by atoms with E-state index in [9.17, 15) is 4.79 Å². The number of carbonyl (C=O) groups is 1. The second kappa shape index (κ2) is 2.48. The fraction of sp³-hybridized carbons (Fsp3) is 0.875. The lowest BCUT2D eigenvalue weighted by Crippen LogP contribution is -2.53. The smallest absolute Gasteiger partial charge is 0.309 e. The van der Waals surface area contributed by atoms with E-state index < -0.39 is 11.4 Å². The van der Waals surface area contributed by atoms with Gasteiger partial charge in [-0.3, -0.25) is 4.79 Å². The Balaban J connectivity index is 2.53. The zero-order valence-corrected chi connectivity index (χ0v) is 7.29. The Labute approximate surface area is 67.0 Å². The van der Waals surface area contributed by atoms with Crippen LogP contribution < -0.4 is 0 Å². The fourth-order valence-corrected chi connectivity index (χ4v) is 1.33. The minimum absolute atomic E-state index is 0.324. The van der Waals surface area contributed by atoms with Crippen molar-refractivity contribution in [1.29, 1.82) is 0 Å². The molecule has 0 saturated carbocycles. The van der Waals surface area contributed by atoms with Gasteiger partial charge in [0.25, 0.3) is 0 Å². The Hall–Kier alpha value is -0.570. The molecule has 0 aromatic carbocycles. The van der Waals surface area contributed by atoms with Crippen molar-refractivity contribution >= 4 is 5.97 Å². The molecule has 1 rings (SSSR count). The zero-order chi connectivity index (χ0) is 8.65. The Kier molecular flexibility index (Phi) is 1.92. The fourth-order valence-electron chi connectivity index (χ4n) is 1.33.